The number of hydrogen-bond acceptors (Lipinski definition) is 4. The van der Waals surface area contributed by atoms with E-state index in [0.29, 0.717) is 12.6 Å². The number of nitrogens with one attached hydrogen (secondary N) is 1. The lowest BCUT2D eigenvalue weighted by Gasteiger charge is -2.02. The van der Waals surface area contributed by atoms with Gasteiger partial charge in [-0.3, -0.25) is 0 Å². The van der Waals surface area contributed by atoms with Crippen LogP contribution >= 0.6 is 11.3 Å². The minimum absolute atomic E-state index is 0.225. The Morgan fingerprint density at radius 2 is 2.24 bits per heavy atom. The van der Waals surface area contributed by atoms with E-state index in [1.165, 1.54) is 23.8 Å². The topological polar surface area (TPSA) is 34.1 Å². The fraction of sp³-hybridized carbons (Fsp3) is 0.438. The fourth-order valence-corrected chi connectivity index (χ4v) is 3.33. The average Bonchev–Trinajstić information content (AvgIpc) is 3.21. The van der Waals surface area contributed by atoms with Gasteiger partial charge in [-0.25, -0.2) is 9.37 Å². The first-order chi connectivity index (χ1) is 10.2. The van der Waals surface area contributed by atoms with Crippen molar-refractivity contribution in [2.45, 2.75) is 39.0 Å². The zero-order valence-electron chi connectivity index (χ0n) is 12.3. The SMILES string of the molecule is COCc1nc(-c2cc(F)ccc2C)sc1CNC1CC1. The number of halogens is 1. The number of ether oxygens (including phenoxy) is 1. The van der Waals surface area contributed by atoms with Gasteiger partial charge in [0.05, 0.1) is 12.3 Å². The molecule has 1 saturated carbocycles. The molecule has 1 aromatic carbocycles. The van der Waals surface area contributed by atoms with Gasteiger partial charge in [-0.2, -0.15) is 0 Å². The molecule has 0 saturated heterocycles. The summed E-state index contributed by atoms with van der Waals surface area (Å²) in [6.07, 6.45) is 2.52. The van der Waals surface area contributed by atoms with Crippen molar-refractivity contribution in [3.8, 4) is 10.6 Å². The Balaban J connectivity index is 1.90. The van der Waals surface area contributed by atoms with Gasteiger partial charge in [-0.05, 0) is 37.5 Å². The minimum Gasteiger partial charge on any atom is -0.378 e. The Labute approximate surface area is 128 Å². The molecule has 0 aliphatic heterocycles. The second-order valence-electron chi connectivity index (χ2n) is 5.44. The summed E-state index contributed by atoms with van der Waals surface area (Å²) in [5, 5.41) is 4.37. The number of nitrogens with zero attached hydrogens (tertiary/aromatic N) is 1. The second kappa shape index (κ2) is 6.22. The van der Waals surface area contributed by atoms with E-state index in [-0.39, 0.29) is 5.82 Å². The van der Waals surface area contributed by atoms with E-state index in [1.807, 2.05) is 6.92 Å². The largest absolute Gasteiger partial charge is 0.378 e. The first kappa shape index (κ1) is 14.6. The van der Waals surface area contributed by atoms with Crippen LogP contribution in [-0.2, 0) is 17.9 Å². The third-order valence-corrected chi connectivity index (χ3v) is 4.75. The van der Waals surface area contributed by atoms with Gasteiger partial charge in [0.15, 0.2) is 0 Å². The van der Waals surface area contributed by atoms with Crippen molar-refractivity contribution in [3.05, 3.63) is 40.2 Å². The normalized spacial score (nSPS) is 14.6. The zero-order valence-corrected chi connectivity index (χ0v) is 13.1. The van der Waals surface area contributed by atoms with Crippen LogP contribution in [0.3, 0.4) is 0 Å². The third kappa shape index (κ3) is 3.48. The van der Waals surface area contributed by atoms with Gasteiger partial charge in [0.2, 0.25) is 0 Å². The number of rotatable bonds is 6. The number of thiazole rings is 1. The summed E-state index contributed by atoms with van der Waals surface area (Å²) in [7, 11) is 1.67. The van der Waals surface area contributed by atoms with Crippen molar-refractivity contribution in [2.24, 2.45) is 0 Å². The predicted octanol–water partition coefficient (Wildman–Crippen LogP) is 3.66. The minimum atomic E-state index is -0.225. The summed E-state index contributed by atoms with van der Waals surface area (Å²) in [6.45, 7) is 3.29. The molecule has 21 heavy (non-hydrogen) atoms. The van der Waals surface area contributed by atoms with Gasteiger partial charge in [-0.1, -0.05) is 6.07 Å². The molecule has 112 valence electrons. The fourth-order valence-electron chi connectivity index (χ4n) is 2.24. The number of aromatic nitrogens is 1. The summed E-state index contributed by atoms with van der Waals surface area (Å²) < 4.78 is 18.7. The molecular weight excluding hydrogens is 287 g/mol. The Morgan fingerprint density at radius 3 is 2.95 bits per heavy atom. The molecule has 1 aliphatic rings. The highest BCUT2D eigenvalue weighted by molar-refractivity contribution is 7.15. The van der Waals surface area contributed by atoms with Crippen LogP contribution in [0.25, 0.3) is 10.6 Å². The van der Waals surface area contributed by atoms with Gasteiger partial charge >= 0.3 is 0 Å². The second-order valence-corrected chi connectivity index (χ2v) is 6.52. The molecule has 1 aromatic heterocycles. The van der Waals surface area contributed by atoms with Crippen molar-refractivity contribution >= 4 is 11.3 Å². The summed E-state index contributed by atoms with van der Waals surface area (Å²) in [5.41, 5.74) is 2.86. The molecule has 0 atom stereocenters. The van der Waals surface area contributed by atoms with E-state index < -0.39 is 0 Å². The number of methoxy groups -OCH3 is 1. The standard InChI is InChI=1S/C16H19FN2OS/c1-10-3-4-11(17)7-13(10)16-19-14(9-20-2)15(21-16)8-18-12-5-6-12/h3-4,7,12,18H,5-6,8-9H2,1-2H3. The smallest absolute Gasteiger partial charge is 0.124 e. The Kier molecular flexibility index (Phi) is 4.33. The van der Waals surface area contributed by atoms with Crippen LogP contribution in [0.4, 0.5) is 4.39 Å². The average molecular weight is 306 g/mol. The van der Waals surface area contributed by atoms with Gasteiger partial charge in [0.25, 0.3) is 0 Å². The van der Waals surface area contributed by atoms with Crippen LogP contribution in [0, 0.1) is 12.7 Å². The quantitative estimate of drug-likeness (QED) is 0.884. The van der Waals surface area contributed by atoms with E-state index in [1.54, 1.807) is 30.6 Å². The molecular formula is C16H19FN2OS. The molecule has 1 fully saturated rings. The maximum atomic E-state index is 13.5. The highest BCUT2D eigenvalue weighted by Gasteiger charge is 2.22. The van der Waals surface area contributed by atoms with Crippen LogP contribution in [-0.4, -0.2) is 18.1 Å². The Hall–Kier alpha value is -1.30. The van der Waals surface area contributed by atoms with Crippen molar-refractivity contribution < 1.29 is 9.13 Å². The molecule has 3 rings (SSSR count). The molecule has 1 heterocycles. The lowest BCUT2D eigenvalue weighted by Crippen LogP contribution is -2.15. The molecule has 3 nitrogen and oxygen atoms in total. The number of hydrogen-bond donors (Lipinski definition) is 1. The van der Waals surface area contributed by atoms with E-state index in [9.17, 15) is 4.39 Å². The van der Waals surface area contributed by atoms with E-state index in [0.717, 1.165) is 28.4 Å². The van der Waals surface area contributed by atoms with E-state index >= 15 is 0 Å². The van der Waals surface area contributed by atoms with Crippen molar-refractivity contribution in [3.63, 3.8) is 0 Å². The summed E-state index contributed by atoms with van der Waals surface area (Å²) in [6, 6.07) is 5.49. The number of aryl methyl sites for hydroxylation is 1. The molecule has 1 N–H and O–H groups in total. The van der Waals surface area contributed by atoms with Gasteiger partial charge < -0.3 is 10.1 Å². The predicted molar refractivity (Wildman–Crippen MR) is 82.8 cm³/mol. The molecule has 5 heteroatoms. The summed E-state index contributed by atoms with van der Waals surface area (Å²) >= 11 is 1.62. The lowest BCUT2D eigenvalue weighted by molar-refractivity contribution is 0.181. The van der Waals surface area contributed by atoms with Gasteiger partial charge in [-0.15, -0.1) is 11.3 Å². The van der Waals surface area contributed by atoms with E-state index in [2.05, 4.69) is 10.3 Å². The Bertz CT molecular complexity index is 637. The Morgan fingerprint density at radius 1 is 1.43 bits per heavy atom. The molecule has 0 bridgehead atoms. The molecule has 2 aromatic rings. The first-order valence-electron chi connectivity index (χ1n) is 7.15. The summed E-state index contributed by atoms with van der Waals surface area (Å²) in [5.74, 6) is -0.225. The van der Waals surface area contributed by atoms with Crippen molar-refractivity contribution in [2.75, 3.05) is 7.11 Å². The van der Waals surface area contributed by atoms with Crippen molar-refractivity contribution in [1.29, 1.82) is 0 Å². The zero-order chi connectivity index (χ0) is 14.8. The lowest BCUT2D eigenvalue weighted by atomic mass is 10.1. The van der Waals surface area contributed by atoms with E-state index in [4.69, 9.17) is 4.74 Å². The van der Waals surface area contributed by atoms with Crippen LogP contribution in [0.2, 0.25) is 0 Å². The van der Waals surface area contributed by atoms with Crippen LogP contribution < -0.4 is 5.32 Å². The maximum Gasteiger partial charge on any atom is 0.124 e. The van der Waals surface area contributed by atoms with Crippen LogP contribution in [0.15, 0.2) is 18.2 Å². The third-order valence-electron chi connectivity index (χ3n) is 3.62. The van der Waals surface area contributed by atoms with Crippen LogP contribution in [0.5, 0.6) is 0 Å². The first-order valence-corrected chi connectivity index (χ1v) is 7.96. The molecule has 0 unspecified atom stereocenters. The summed E-state index contributed by atoms with van der Waals surface area (Å²) in [4.78, 5) is 5.84. The van der Waals surface area contributed by atoms with Crippen LogP contribution in [0.1, 0.15) is 29.0 Å². The monoisotopic (exact) mass is 306 g/mol. The molecule has 0 radical (unpaired) electrons. The van der Waals surface area contributed by atoms with Crippen molar-refractivity contribution in [1.82, 2.24) is 10.3 Å². The number of benzene rings is 1. The maximum absolute atomic E-state index is 13.5. The molecule has 0 spiro atoms. The van der Waals surface area contributed by atoms with Gasteiger partial charge in [0.1, 0.15) is 10.8 Å². The highest BCUT2D eigenvalue weighted by Crippen LogP contribution is 2.32. The molecule has 1 aliphatic carbocycles. The molecule has 0 amide bonds. The van der Waals surface area contributed by atoms with Gasteiger partial charge in [0, 0.05) is 30.1 Å². The highest BCUT2D eigenvalue weighted by atomic mass is 32.1.